The highest BCUT2D eigenvalue weighted by atomic mass is 16.5. The summed E-state index contributed by atoms with van der Waals surface area (Å²) in [7, 11) is 1.70. The number of hydrogen-bond acceptors (Lipinski definition) is 5. The van der Waals surface area contributed by atoms with Gasteiger partial charge in [0.2, 0.25) is 0 Å². The lowest BCUT2D eigenvalue weighted by Gasteiger charge is -2.39. The standard InChI is InChI=1S/C24H32N2O3/c1-16-17(2)23-21(14-24(4,15-27)29-23)18(3)22(16)26-12-10-25(11-13-26)19-6-8-20(28-5)9-7-19/h6-9,27H,10-15H2,1-5H3/t24-/m1/s1. The zero-order valence-electron chi connectivity index (χ0n) is 18.2. The van der Waals surface area contributed by atoms with Crippen LogP contribution in [0.1, 0.15) is 29.2 Å². The molecule has 1 atom stereocenters. The largest absolute Gasteiger partial charge is 0.497 e. The van der Waals surface area contributed by atoms with Crippen LogP contribution in [-0.2, 0) is 6.42 Å². The molecule has 4 rings (SSSR count). The van der Waals surface area contributed by atoms with Crippen LogP contribution in [0.15, 0.2) is 24.3 Å². The summed E-state index contributed by atoms with van der Waals surface area (Å²) in [5.74, 6) is 1.88. The van der Waals surface area contributed by atoms with Crippen molar-refractivity contribution < 1.29 is 14.6 Å². The van der Waals surface area contributed by atoms with Crippen LogP contribution in [0.2, 0.25) is 0 Å². The molecule has 29 heavy (non-hydrogen) atoms. The fraction of sp³-hybridized carbons (Fsp3) is 0.500. The molecule has 1 fully saturated rings. The number of aliphatic hydroxyl groups excluding tert-OH is 1. The van der Waals surface area contributed by atoms with Crippen LogP contribution < -0.4 is 19.3 Å². The molecule has 2 aromatic rings. The Balaban J connectivity index is 1.56. The first-order valence-electron chi connectivity index (χ1n) is 10.4. The SMILES string of the molecule is COc1ccc(N2CCN(c3c(C)c(C)c4c(c3C)C[C@](C)(CO)O4)CC2)cc1. The van der Waals surface area contributed by atoms with Crippen LogP contribution in [-0.4, -0.2) is 50.6 Å². The Bertz CT molecular complexity index is 902. The van der Waals surface area contributed by atoms with Crippen LogP contribution >= 0.6 is 0 Å². The predicted octanol–water partition coefficient (Wildman–Crippen LogP) is 3.63. The second-order valence-electron chi connectivity index (χ2n) is 8.59. The zero-order chi connectivity index (χ0) is 20.8. The van der Waals surface area contributed by atoms with Gasteiger partial charge in [0.1, 0.15) is 17.1 Å². The molecule has 0 aliphatic carbocycles. The Morgan fingerprint density at radius 2 is 1.59 bits per heavy atom. The summed E-state index contributed by atoms with van der Waals surface area (Å²) in [4.78, 5) is 4.96. The molecular weight excluding hydrogens is 364 g/mol. The van der Waals surface area contributed by atoms with Gasteiger partial charge >= 0.3 is 0 Å². The summed E-state index contributed by atoms with van der Waals surface area (Å²) >= 11 is 0. The summed E-state index contributed by atoms with van der Waals surface area (Å²) < 4.78 is 11.5. The van der Waals surface area contributed by atoms with Crippen LogP contribution in [0.3, 0.4) is 0 Å². The average molecular weight is 397 g/mol. The molecular formula is C24H32N2O3. The van der Waals surface area contributed by atoms with Gasteiger partial charge in [-0.25, -0.2) is 0 Å². The van der Waals surface area contributed by atoms with Crippen LogP contribution in [0.4, 0.5) is 11.4 Å². The third kappa shape index (κ3) is 3.42. The fourth-order valence-corrected chi connectivity index (χ4v) is 4.72. The van der Waals surface area contributed by atoms with Crippen LogP contribution in [0, 0.1) is 20.8 Å². The molecule has 2 aliphatic rings. The number of aliphatic hydroxyl groups is 1. The van der Waals surface area contributed by atoms with E-state index >= 15 is 0 Å². The lowest BCUT2D eigenvalue weighted by Crippen LogP contribution is -2.47. The number of nitrogens with zero attached hydrogens (tertiary/aromatic N) is 2. The maximum atomic E-state index is 9.79. The first-order valence-corrected chi connectivity index (χ1v) is 10.4. The van der Waals surface area contributed by atoms with E-state index in [0.29, 0.717) is 0 Å². The molecule has 1 N–H and O–H groups in total. The first kappa shape index (κ1) is 19.9. The number of rotatable bonds is 4. The van der Waals surface area contributed by atoms with Crippen molar-refractivity contribution in [2.24, 2.45) is 0 Å². The molecule has 2 heterocycles. The number of hydrogen-bond donors (Lipinski definition) is 1. The third-order valence-corrected chi connectivity index (χ3v) is 6.61. The van der Waals surface area contributed by atoms with Gasteiger partial charge in [-0.1, -0.05) is 0 Å². The smallest absolute Gasteiger partial charge is 0.133 e. The number of ether oxygens (including phenoxy) is 2. The summed E-state index contributed by atoms with van der Waals surface area (Å²) in [5, 5.41) is 9.79. The third-order valence-electron chi connectivity index (χ3n) is 6.61. The molecule has 0 unspecified atom stereocenters. The summed E-state index contributed by atoms with van der Waals surface area (Å²) in [6.07, 6.45) is 0.768. The van der Waals surface area contributed by atoms with E-state index in [-0.39, 0.29) is 6.61 Å². The second kappa shape index (κ2) is 7.45. The average Bonchev–Trinajstić information content (AvgIpc) is 3.12. The van der Waals surface area contributed by atoms with E-state index in [2.05, 4.69) is 42.7 Å². The van der Waals surface area contributed by atoms with Gasteiger partial charge in [0.15, 0.2) is 0 Å². The highest BCUT2D eigenvalue weighted by Gasteiger charge is 2.38. The van der Waals surface area contributed by atoms with Gasteiger partial charge in [0, 0.05) is 49.5 Å². The van der Waals surface area contributed by atoms with Crippen molar-refractivity contribution >= 4 is 11.4 Å². The van der Waals surface area contributed by atoms with E-state index < -0.39 is 5.60 Å². The van der Waals surface area contributed by atoms with Crippen LogP contribution in [0.5, 0.6) is 11.5 Å². The molecule has 0 radical (unpaired) electrons. The molecule has 2 aliphatic heterocycles. The number of benzene rings is 2. The van der Waals surface area contributed by atoms with Crippen molar-refractivity contribution in [3.8, 4) is 11.5 Å². The molecule has 1 saturated heterocycles. The Morgan fingerprint density at radius 3 is 2.17 bits per heavy atom. The minimum absolute atomic E-state index is 0.0372. The molecule has 0 aromatic heterocycles. The Hall–Kier alpha value is -2.40. The van der Waals surface area contributed by atoms with Crippen molar-refractivity contribution in [2.45, 2.75) is 39.7 Å². The molecule has 0 spiro atoms. The van der Waals surface area contributed by atoms with Gasteiger partial charge < -0.3 is 24.4 Å². The Labute approximate surface area is 173 Å². The monoisotopic (exact) mass is 396 g/mol. The van der Waals surface area contributed by atoms with E-state index in [1.165, 1.54) is 33.6 Å². The highest BCUT2D eigenvalue weighted by Crippen LogP contribution is 2.45. The van der Waals surface area contributed by atoms with Gasteiger partial charge in [-0.05, 0) is 68.7 Å². The first-order chi connectivity index (χ1) is 13.9. The fourth-order valence-electron chi connectivity index (χ4n) is 4.72. The summed E-state index contributed by atoms with van der Waals surface area (Å²) in [5.41, 5.74) is 7.15. The molecule has 0 amide bonds. The molecule has 0 saturated carbocycles. The van der Waals surface area contributed by atoms with Crippen molar-refractivity contribution in [2.75, 3.05) is 49.7 Å². The number of fused-ring (bicyclic) bond motifs is 1. The quantitative estimate of drug-likeness (QED) is 0.855. The maximum absolute atomic E-state index is 9.79. The van der Waals surface area contributed by atoms with E-state index in [4.69, 9.17) is 9.47 Å². The van der Waals surface area contributed by atoms with Crippen molar-refractivity contribution in [1.29, 1.82) is 0 Å². The highest BCUT2D eigenvalue weighted by molar-refractivity contribution is 5.70. The minimum atomic E-state index is -0.504. The van der Waals surface area contributed by atoms with Crippen molar-refractivity contribution in [1.82, 2.24) is 0 Å². The Morgan fingerprint density at radius 1 is 0.966 bits per heavy atom. The van der Waals surface area contributed by atoms with E-state index in [1.54, 1.807) is 7.11 Å². The lowest BCUT2D eigenvalue weighted by atomic mass is 9.91. The number of methoxy groups -OCH3 is 1. The van der Waals surface area contributed by atoms with Gasteiger partial charge in [-0.3, -0.25) is 0 Å². The normalized spacial score (nSPS) is 21.2. The number of anilines is 2. The second-order valence-corrected chi connectivity index (χ2v) is 8.59. The van der Waals surface area contributed by atoms with E-state index in [9.17, 15) is 5.11 Å². The summed E-state index contributed by atoms with van der Waals surface area (Å²) in [6.45, 7) is 12.6. The van der Waals surface area contributed by atoms with Gasteiger partial charge in [-0.2, -0.15) is 0 Å². The van der Waals surface area contributed by atoms with Gasteiger partial charge in [0.25, 0.3) is 0 Å². The van der Waals surface area contributed by atoms with Gasteiger partial charge in [0.05, 0.1) is 13.7 Å². The van der Waals surface area contributed by atoms with E-state index in [0.717, 1.165) is 44.1 Å². The minimum Gasteiger partial charge on any atom is -0.497 e. The van der Waals surface area contributed by atoms with Crippen molar-refractivity contribution in [3.63, 3.8) is 0 Å². The maximum Gasteiger partial charge on any atom is 0.133 e. The lowest BCUT2D eigenvalue weighted by molar-refractivity contribution is 0.0442. The number of piperazine rings is 1. The molecule has 156 valence electrons. The van der Waals surface area contributed by atoms with Crippen LogP contribution in [0.25, 0.3) is 0 Å². The molecule has 5 heteroatoms. The zero-order valence-corrected chi connectivity index (χ0v) is 18.2. The van der Waals surface area contributed by atoms with Crippen molar-refractivity contribution in [3.05, 3.63) is 46.5 Å². The molecule has 0 bridgehead atoms. The molecule has 5 nitrogen and oxygen atoms in total. The van der Waals surface area contributed by atoms with Gasteiger partial charge in [-0.15, -0.1) is 0 Å². The van der Waals surface area contributed by atoms with E-state index in [1.807, 2.05) is 19.1 Å². The Kier molecular flexibility index (Phi) is 5.11. The topological polar surface area (TPSA) is 45.2 Å². The predicted molar refractivity (Wildman–Crippen MR) is 118 cm³/mol. The molecule has 2 aromatic carbocycles. The summed E-state index contributed by atoms with van der Waals surface area (Å²) in [6, 6.07) is 8.32.